The summed E-state index contributed by atoms with van der Waals surface area (Å²) in [6.07, 6.45) is 4.74. The van der Waals surface area contributed by atoms with Gasteiger partial charge >= 0.3 is 0 Å². The van der Waals surface area contributed by atoms with Gasteiger partial charge in [0.25, 0.3) is 0 Å². The summed E-state index contributed by atoms with van der Waals surface area (Å²) in [4.78, 5) is 0. The molecule has 0 radical (unpaired) electrons. The van der Waals surface area contributed by atoms with Crippen LogP contribution in [0.1, 0.15) is 31.2 Å². The first-order valence-electron chi connectivity index (χ1n) is 6.97. The predicted octanol–water partition coefficient (Wildman–Crippen LogP) is 2.32. The quantitative estimate of drug-likeness (QED) is 0.456. The Morgan fingerprint density at radius 2 is 2.30 bits per heavy atom. The van der Waals surface area contributed by atoms with Crippen molar-refractivity contribution < 1.29 is 14.2 Å². The van der Waals surface area contributed by atoms with Crippen LogP contribution in [0.3, 0.4) is 0 Å². The number of rotatable bonds is 7. The lowest BCUT2D eigenvalue weighted by Gasteiger charge is -2.13. The zero-order valence-electron chi connectivity index (χ0n) is 11.9. The van der Waals surface area contributed by atoms with Crippen LogP contribution < -0.4 is 15.2 Å². The summed E-state index contributed by atoms with van der Waals surface area (Å²) < 4.78 is 16.6. The third-order valence-electron chi connectivity index (χ3n) is 3.43. The van der Waals surface area contributed by atoms with Crippen LogP contribution in [-0.2, 0) is 4.74 Å². The Hall–Kier alpha value is -1.75. The summed E-state index contributed by atoms with van der Waals surface area (Å²) in [5, 5.41) is 7.41. The van der Waals surface area contributed by atoms with Gasteiger partial charge in [-0.2, -0.15) is 0 Å². The van der Waals surface area contributed by atoms with Gasteiger partial charge in [0.2, 0.25) is 0 Å². The highest BCUT2D eigenvalue weighted by Gasteiger charge is 2.15. The number of amidine groups is 1. The molecule has 1 aromatic rings. The Morgan fingerprint density at radius 3 is 2.95 bits per heavy atom. The first kappa shape index (κ1) is 14.7. The molecule has 1 aliphatic rings. The number of methoxy groups -OCH3 is 1. The fraction of sp³-hybridized carbons (Fsp3) is 0.533. The van der Waals surface area contributed by atoms with E-state index in [-0.39, 0.29) is 5.84 Å². The smallest absolute Gasteiger partial charge is 0.161 e. The first-order valence-corrected chi connectivity index (χ1v) is 6.97. The van der Waals surface area contributed by atoms with Crippen molar-refractivity contribution in [1.29, 1.82) is 5.41 Å². The van der Waals surface area contributed by atoms with E-state index in [0.29, 0.717) is 29.8 Å². The summed E-state index contributed by atoms with van der Waals surface area (Å²) >= 11 is 0. The van der Waals surface area contributed by atoms with E-state index >= 15 is 0 Å². The van der Waals surface area contributed by atoms with E-state index < -0.39 is 0 Å². The molecule has 0 aromatic heterocycles. The van der Waals surface area contributed by atoms with Crippen molar-refractivity contribution in [2.75, 3.05) is 20.3 Å². The van der Waals surface area contributed by atoms with Gasteiger partial charge in [0, 0.05) is 12.2 Å². The minimum absolute atomic E-state index is 0.0215. The fourth-order valence-electron chi connectivity index (χ4n) is 2.32. The molecule has 2 rings (SSSR count). The maximum Gasteiger partial charge on any atom is 0.161 e. The molecule has 5 heteroatoms. The molecule has 110 valence electrons. The Bertz CT molecular complexity index is 456. The van der Waals surface area contributed by atoms with Gasteiger partial charge in [-0.15, -0.1) is 0 Å². The monoisotopic (exact) mass is 278 g/mol. The molecule has 0 amide bonds. The van der Waals surface area contributed by atoms with E-state index in [2.05, 4.69) is 0 Å². The Labute approximate surface area is 119 Å². The van der Waals surface area contributed by atoms with Crippen LogP contribution >= 0.6 is 0 Å². The lowest BCUT2D eigenvalue weighted by molar-refractivity contribution is 0.0980. The van der Waals surface area contributed by atoms with E-state index in [1.165, 1.54) is 6.42 Å². The molecule has 20 heavy (non-hydrogen) atoms. The molecular weight excluding hydrogens is 256 g/mol. The Morgan fingerprint density at radius 1 is 1.45 bits per heavy atom. The number of nitrogens with one attached hydrogen (secondary N) is 1. The fourth-order valence-corrected chi connectivity index (χ4v) is 2.32. The Balaban J connectivity index is 1.83. The Kier molecular flexibility index (Phi) is 5.24. The van der Waals surface area contributed by atoms with Crippen LogP contribution in [0.2, 0.25) is 0 Å². The highest BCUT2D eigenvalue weighted by atomic mass is 16.5. The average molecular weight is 278 g/mol. The molecule has 0 bridgehead atoms. The third kappa shape index (κ3) is 3.87. The zero-order valence-corrected chi connectivity index (χ0v) is 11.9. The molecule has 1 saturated heterocycles. The molecule has 5 nitrogen and oxygen atoms in total. The van der Waals surface area contributed by atoms with Gasteiger partial charge in [-0.1, -0.05) is 0 Å². The number of benzene rings is 1. The maximum absolute atomic E-state index is 7.41. The predicted molar refractivity (Wildman–Crippen MR) is 77.7 cm³/mol. The molecule has 1 aromatic carbocycles. The molecular formula is C15H22N2O3. The van der Waals surface area contributed by atoms with Crippen molar-refractivity contribution in [3.05, 3.63) is 23.8 Å². The number of nitrogen functional groups attached to an aromatic ring is 1. The highest BCUT2D eigenvalue weighted by Crippen LogP contribution is 2.28. The molecule has 1 heterocycles. The molecule has 3 N–H and O–H groups in total. The molecule has 1 atom stereocenters. The standard InChI is InChI=1S/C15H22N2O3/c1-18-14-10-11(15(16)17)6-7-13(14)20-9-3-5-12-4-2-8-19-12/h6-7,10,12H,2-5,8-9H2,1H3,(H3,16,17). The zero-order chi connectivity index (χ0) is 14.4. The molecule has 1 unspecified atom stereocenters. The van der Waals surface area contributed by atoms with Gasteiger partial charge in [-0.25, -0.2) is 0 Å². The summed E-state index contributed by atoms with van der Waals surface area (Å²) in [5.74, 6) is 1.31. The summed E-state index contributed by atoms with van der Waals surface area (Å²) in [6, 6.07) is 5.28. The second kappa shape index (κ2) is 7.14. The first-order chi connectivity index (χ1) is 9.70. The molecule has 0 aliphatic carbocycles. The van der Waals surface area contributed by atoms with Gasteiger partial charge in [0.1, 0.15) is 5.84 Å². The van der Waals surface area contributed by atoms with Gasteiger partial charge in [0.05, 0.1) is 19.8 Å². The van der Waals surface area contributed by atoms with Gasteiger partial charge < -0.3 is 19.9 Å². The number of nitrogens with two attached hydrogens (primary N) is 1. The summed E-state index contributed by atoms with van der Waals surface area (Å²) in [5.41, 5.74) is 6.08. The van der Waals surface area contributed by atoms with E-state index in [9.17, 15) is 0 Å². The van der Waals surface area contributed by atoms with E-state index in [4.69, 9.17) is 25.4 Å². The van der Waals surface area contributed by atoms with E-state index in [1.54, 1.807) is 25.3 Å². The minimum Gasteiger partial charge on any atom is -0.493 e. The second-order valence-electron chi connectivity index (χ2n) is 4.91. The van der Waals surface area contributed by atoms with Crippen LogP contribution in [0.4, 0.5) is 0 Å². The van der Waals surface area contributed by atoms with Crippen LogP contribution in [0.15, 0.2) is 18.2 Å². The number of ether oxygens (including phenoxy) is 3. The molecule has 0 spiro atoms. The van der Waals surface area contributed by atoms with Gasteiger partial charge in [0.15, 0.2) is 11.5 Å². The van der Waals surface area contributed by atoms with Crippen molar-refractivity contribution in [1.82, 2.24) is 0 Å². The van der Waals surface area contributed by atoms with E-state index in [0.717, 1.165) is 25.9 Å². The number of hydrogen-bond acceptors (Lipinski definition) is 4. The summed E-state index contributed by atoms with van der Waals surface area (Å²) in [7, 11) is 1.58. The largest absolute Gasteiger partial charge is 0.493 e. The summed E-state index contributed by atoms with van der Waals surface area (Å²) in [6.45, 7) is 1.53. The van der Waals surface area contributed by atoms with Crippen molar-refractivity contribution in [2.24, 2.45) is 5.73 Å². The van der Waals surface area contributed by atoms with Crippen molar-refractivity contribution in [3.63, 3.8) is 0 Å². The van der Waals surface area contributed by atoms with E-state index in [1.807, 2.05) is 0 Å². The lowest BCUT2D eigenvalue weighted by Crippen LogP contribution is -2.11. The minimum atomic E-state index is 0.0215. The molecule has 1 fully saturated rings. The molecule has 1 aliphatic heterocycles. The normalized spacial score (nSPS) is 17.9. The molecule has 0 saturated carbocycles. The average Bonchev–Trinajstić information content (AvgIpc) is 2.96. The van der Waals surface area contributed by atoms with Gasteiger partial charge in [-0.05, 0) is 43.9 Å². The topological polar surface area (TPSA) is 77.6 Å². The SMILES string of the molecule is COc1cc(C(=N)N)ccc1OCCCC1CCCO1. The maximum atomic E-state index is 7.41. The van der Waals surface area contributed by atoms with Crippen molar-refractivity contribution in [3.8, 4) is 11.5 Å². The van der Waals surface area contributed by atoms with Crippen LogP contribution in [0, 0.1) is 5.41 Å². The van der Waals surface area contributed by atoms with Crippen molar-refractivity contribution in [2.45, 2.75) is 31.8 Å². The van der Waals surface area contributed by atoms with Crippen LogP contribution in [0.5, 0.6) is 11.5 Å². The third-order valence-corrected chi connectivity index (χ3v) is 3.43. The second-order valence-corrected chi connectivity index (χ2v) is 4.91. The lowest BCUT2D eigenvalue weighted by atomic mass is 10.1. The van der Waals surface area contributed by atoms with Gasteiger partial charge in [-0.3, -0.25) is 5.41 Å². The highest BCUT2D eigenvalue weighted by molar-refractivity contribution is 5.95. The van der Waals surface area contributed by atoms with Crippen LogP contribution in [0.25, 0.3) is 0 Å². The van der Waals surface area contributed by atoms with Crippen LogP contribution in [-0.4, -0.2) is 32.3 Å². The van der Waals surface area contributed by atoms with Crippen molar-refractivity contribution >= 4 is 5.84 Å². The number of hydrogen-bond donors (Lipinski definition) is 2.